The number of halogens is 1. The van der Waals surface area contributed by atoms with E-state index in [9.17, 15) is 4.79 Å². The second-order valence-electron chi connectivity index (χ2n) is 3.43. The summed E-state index contributed by atoms with van der Waals surface area (Å²) in [5.74, 6) is 0.390. The number of rotatable bonds is 3. The Balaban J connectivity index is 1.85. The minimum Gasteiger partial charge on any atom is -0.444 e. The number of hydrogen-bond acceptors (Lipinski definition) is 4. The zero-order chi connectivity index (χ0) is 12.8. The molecule has 0 saturated heterocycles. The molecule has 1 aromatic heterocycles. The molecule has 1 amide bonds. The van der Waals surface area contributed by atoms with Crippen LogP contribution in [0.2, 0.25) is 5.02 Å². The van der Waals surface area contributed by atoms with Crippen LogP contribution < -0.4 is 5.32 Å². The third-order valence-corrected chi connectivity index (χ3v) is 2.31. The van der Waals surface area contributed by atoms with Crippen LogP contribution in [0.25, 0.3) is 0 Å². The van der Waals surface area contributed by atoms with Crippen LogP contribution in [0.5, 0.6) is 0 Å². The molecule has 2 rings (SSSR count). The third kappa shape index (κ3) is 3.71. The quantitative estimate of drug-likeness (QED) is 0.925. The standard InChI is InChI=1S/C12H10ClN3O2/c13-10-3-1-2-9(6-10)7-18-12(17)16-11-4-5-14-8-15-11/h1-6,8H,7H2,(H,14,15,16,17). The van der Waals surface area contributed by atoms with Gasteiger partial charge in [-0.1, -0.05) is 23.7 Å². The summed E-state index contributed by atoms with van der Waals surface area (Å²) in [5, 5.41) is 3.09. The molecule has 92 valence electrons. The molecule has 0 fully saturated rings. The SMILES string of the molecule is O=C(Nc1ccncn1)OCc1cccc(Cl)c1. The minimum atomic E-state index is -0.575. The fourth-order valence-electron chi connectivity index (χ4n) is 1.28. The Morgan fingerprint density at radius 3 is 3.00 bits per heavy atom. The van der Waals surface area contributed by atoms with Crippen molar-refractivity contribution >= 4 is 23.5 Å². The van der Waals surface area contributed by atoms with Crippen molar-refractivity contribution in [2.45, 2.75) is 6.61 Å². The highest BCUT2D eigenvalue weighted by Gasteiger charge is 2.04. The number of aromatic nitrogens is 2. The number of nitrogens with zero attached hydrogens (tertiary/aromatic N) is 2. The predicted octanol–water partition coefficient (Wildman–Crippen LogP) is 2.88. The van der Waals surface area contributed by atoms with E-state index >= 15 is 0 Å². The molecule has 5 nitrogen and oxygen atoms in total. The van der Waals surface area contributed by atoms with Gasteiger partial charge < -0.3 is 4.74 Å². The van der Waals surface area contributed by atoms with Gasteiger partial charge in [-0.2, -0.15) is 0 Å². The van der Waals surface area contributed by atoms with Gasteiger partial charge in [0.15, 0.2) is 0 Å². The number of anilines is 1. The number of carbonyl (C=O) groups is 1. The topological polar surface area (TPSA) is 64.1 Å². The lowest BCUT2D eigenvalue weighted by Crippen LogP contribution is -2.14. The van der Waals surface area contributed by atoms with Crippen LogP contribution >= 0.6 is 11.6 Å². The lowest BCUT2D eigenvalue weighted by molar-refractivity contribution is 0.155. The van der Waals surface area contributed by atoms with Gasteiger partial charge in [0.1, 0.15) is 18.8 Å². The Hall–Kier alpha value is -2.14. The maximum Gasteiger partial charge on any atom is 0.413 e. The molecule has 0 atom stereocenters. The van der Waals surface area contributed by atoms with Gasteiger partial charge in [0.2, 0.25) is 0 Å². The molecule has 0 radical (unpaired) electrons. The molecule has 1 heterocycles. The molecule has 6 heteroatoms. The van der Waals surface area contributed by atoms with Crippen molar-refractivity contribution in [2.24, 2.45) is 0 Å². The smallest absolute Gasteiger partial charge is 0.413 e. The van der Waals surface area contributed by atoms with Gasteiger partial charge >= 0.3 is 6.09 Å². The van der Waals surface area contributed by atoms with E-state index in [1.165, 1.54) is 12.5 Å². The van der Waals surface area contributed by atoms with Crippen molar-refractivity contribution in [3.05, 3.63) is 53.4 Å². The molecule has 0 saturated carbocycles. The number of hydrogen-bond donors (Lipinski definition) is 1. The molecule has 1 aromatic carbocycles. The minimum absolute atomic E-state index is 0.150. The summed E-state index contributed by atoms with van der Waals surface area (Å²) in [5.41, 5.74) is 0.820. The van der Waals surface area contributed by atoms with Gasteiger partial charge in [0.25, 0.3) is 0 Å². The van der Waals surface area contributed by atoms with E-state index in [1.54, 1.807) is 24.3 Å². The highest BCUT2D eigenvalue weighted by atomic mass is 35.5. The summed E-state index contributed by atoms with van der Waals surface area (Å²) < 4.78 is 5.02. The number of ether oxygens (including phenoxy) is 1. The molecule has 18 heavy (non-hydrogen) atoms. The molecule has 0 spiro atoms. The molecule has 0 aliphatic rings. The van der Waals surface area contributed by atoms with Gasteiger partial charge in [-0.15, -0.1) is 0 Å². The first-order valence-electron chi connectivity index (χ1n) is 5.18. The van der Waals surface area contributed by atoms with E-state index in [-0.39, 0.29) is 6.61 Å². The number of carbonyl (C=O) groups excluding carboxylic acids is 1. The van der Waals surface area contributed by atoms with Crippen LogP contribution in [0.4, 0.5) is 10.6 Å². The summed E-state index contributed by atoms with van der Waals surface area (Å²) >= 11 is 5.82. The van der Waals surface area contributed by atoms with Crippen LogP contribution in [0.1, 0.15) is 5.56 Å². The van der Waals surface area contributed by atoms with Crippen molar-refractivity contribution in [2.75, 3.05) is 5.32 Å². The van der Waals surface area contributed by atoms with E-state index in [0.29, 0.717) is 10.8 Å². The van der Waals surface area contributed by atoms with Gasteiger partial charge in [-0.05, 0) is 23.8 Å². The van der Waals surface area contributed by atoms with Crippen molar-refractivity contribution in [3.63, 3.8) is 0 Å². The Morgan fingerprint density at radius 2 is 2.28 bits per heavy atom. The molecule has 1 N–H and O–H groups in total. The van der Waals surface area contributed by atoms with Crippen LogP contribution in [0, 0.1) is 0 Å². The lowest BCUT2D eigenvalue weighted by atomic mass is 10.2. The Morgan fingerprint density at radius 1 is 1.39 bits per heavy atom. The average molecular weight is 264 g/mol. The van der Waals surface area contributed by atoms with Crippen LogP contribution in [0.3, 0.4) is 0 Å². The molecule has 0 bridgehead atoms. The molecule has 2 aromatic rings. The fraction of sp³-hybridized carbons (Fsp3) is 0.0833. The first-order valence-corrected chi connectivity index (χ1v) is 5.56. The summed E-state index contributed by atoms with van der Waals surface area (Å²) in [6, 6.07) is 8.68. The van der Waals surface area contributed by atoms with E-state index in [0.717, 1.165) is 5.56 Å². The monoisotopic (exact) mass is 263 g/mol. The Kier molecular flexibility index (Phi) is 4.09. The van der Waals surface area contributed by atoms with Crippen LogP contribution in [-0.4, -0.2) is 16.1 Å². The highest BCUT2D eigenvalue weighted by Crippen LogP contribution is 2.11. The molecular formula is C12H10ClN3O2. The number of benzene rings is 1. The number of nitrogens with one attached hydrogen (secondary N) is 1. The molecular weight excluding hydrogens is 254 g/mol. The summed E-state index contributed by atoms with van der Waals surface area (Å²) in [6.45, 7) is 0.150. The lowest BCUT2D eigenvalue weighted by Gasteiger charge is -2.06. The third-order valence-electron chi connectivity index (χ3n) is 2.07. The molecule has 0 aliphatic carbocycles. The first-order chi connectivity index (χ1) is 8.74. The predicted molar refractivity (Wildman–Crippen MR) is 67.3 cm³/mol. The Bertz CT molecular complexity index is 534. The van der Waals surface area contributed by atoms with Crippen molar-refractivity contribution in [1.29, 1.82) is 0 Å². The van der Waals surface area contributed by atoms with Gasteiger partial charge in [0, 0.05) is 11.2 Å². The summed E-state index contributed by atoms with van der Waals surface area (Å²) in [4.78, 5) is 19.0. The van der Waals surface area contributed by atoms with Gasteiger partial charge in [-0.3, -0.25) is 5.32 Å². The second-order valence-corrected chi connectivity index (χ2v) is 3.86. The largest absolute Gasteiger partial charge is 0.444 e. The van der Waals surface area contributed by atoms with E-state index < -0.39 is 6.09 Å². The van der Waals surface area contributed by atoms with Crippen LogP contribution in [-0.2, 0) is 11.3 Å². The maximum absolute atomic E-state index is 11.4. The van der Waals surface area contributed by atoms with Crippen LogP contribution in [0.15, 0.2) is 42.9 Å². The van der Waals surface area contributed by atoms with Crippen molar-refractivity contribution in [1.82, 2.24) is 9.97 Å². The van der Waals surface area contributed by atoms with E-state index in [4.69, 9.17) is 16.3 Å². The fourth-order valence-corrected chi connectivity index (χ4v) is 1.49. The zero-order valence-electron chi connectivity index (χ0n) is 9.34. The Labute approximate surface area is 109 Å². The second kappa shape index (κ2) is 5.97. The van der Waals surface area contributed by atoms with Crippen molar-refractivity contribution in [3.8, 4) is 0 Å². The van der Waals surface area contributed by atoms with Gasteiger partial charge in [0.05, 0.1) is 0 Å². The average Bonchev–Trinajstić information content (AvgIpc) is 2.38. The summed E-state index contributed by atoms with van der Waals surface area (Å²) in [6.07, 6.45) is 2.29. The van der Waals surface area contributed by atoms with E-state index in [2.05, 4.69) is 15.3 Å². The molecule has 0 unspecified atom stereocenters. The van der Waals surface area contributed by atoms with Crippen molar-refractivity contribution < 1.29 is 9.53 Å². The zero-order valence-corrected chi connectivity index (χ0v) is 10.1. The first kappa shape index (κ1) is 12.3. The maximum atomic E-state index is 11.4. The van der Waals surface area contributed by atoms with Gasteiger partial charge in [-0.25, -0.2) is 14.8 Å². The normalized spacial score (nSPS) is 9.83. The number of amides is 1. The highest BCUT2D eigenvalue weighted by molar-refractivity contribution is 6.30. The van der Waals surface area contributed by atoms with E-state index in [1.807, 2.05) is 6.07 Å². The molecule has 0 aliphatic heterocycles. The summed E-state index contributed by atoms with van der Waals surface area (Å²) in [7, 11) is 0.